The Balaban J connectivity index is 1.48. The molecule has 0 aliphatic heterocycles. The van der Waals surface area contributed by atoms with Gasteiger partial charge in [0, 0.05) is 65.3 Å². The van der Waals surface area contributed by atoms with Gasteiger partial charge in [0.05, 0.1) is 11.7 Å². The number of pyridine rings is 1. The number of aromatic nitrogens is 2. The molecule has 10 heteroatoms. The fourth-order valence-corrected chi connectivity index (χ4v) is 7.20. The zero-order valence-electron chi connectivity index (χ0n) is 24.3. The average Bonchev–Trinajstić information content (AvgIpc) is 3.21. The zero-order valence-corrected chi connectivity index (χ0v) is 25.1. The summed E-state index contributed by atoms with van der Waals surface area (Å²) in [6, 6.07) is 7.57. The SMILES string of the molecule is COC1CCC([C@@H](C)n2c(C)c(C(=O)NCc3c(SC)cc(C)[nH]c3=O)c3cc(OC4CC(F)(F)C4)ccc32)CC1. The third-order valence-corrected chi connectivity index (χ3v) is 9.62. The topological polar surface area (TPSA) is 85.4 Å². The van der Waals surface area contributed by atoms with Crippen molar-refractivity contribution in [2.45, 2.75) is 94.9 Å². The molecule has 41 heavy (non-hydrogen) atoms. The number of H-pyrrole nitrogens is 1. The van der Waals surface area contributed by atoms with Gasteiger partial charge in [-0.15, -0.1) is 11.8 Å². The molecule has 2 fully saturated rings. The number of fused-ring (bicyclic) bond motifs is 1. The lowest BCUT2D eigenvalue weighted by Crippen LogP contribution is -2.43. The van der Waals surface area contributed by atoms with E-state index in [4.69, 9.17) is 9.47 Å². The number of hydrogen-bond donors (Lipinski definition) is 2. The van der Waals surface area contributed by atoms with Crippen LogP contribution >= 0.6 is 11.8 Å². The van der Waals surface area contributed by atoms with E-state index in [2.05, 4.69) is 21.8 Å². The molecule has 2 saturated carbocycles. The van der Waals surface area contributed by atoms with Crippen LogP contribution in [0.15, 0.2) is 34.0 Å². The summed E-state index contributed by atoms with van der Waals surface area (Å²) in [6.07, 6.45) is 5.11. The lowest BCUT2D eigenvalue weighted by Gasteiger charge is -2.35. The van der Waals surface area contributed by atoms with Gasteiger partial charge in [-0.1, -0.05) is 0 Å². The van der Waals surface area contributed by atoms with Gasteiger partial charge in [-0.2, -0.15) is 0 Å². The summed E-state index contributed by atoms with van der Waals surface area (Å²) in [4.78, 5) is 30.1. The Morgan fingerprint density at radius 3 is 2.51 bits per heavy atom. The second kappa shape index (κ2) is 11.8. The Kier molecular flexibility index (Phi) is 8.53. The van der Waals surface area contributed by atoms with E-state index in [-0.39, 0.29) is 43.0 Å². The Morgan fingerprint density at radius 2 is 1.88 bits per heavy atom. The maximum Gasteiger partial charge on any atom is 0.255 e. The van der Waals surface area contributed by atoms with Gasteiger partial charge >= 0.3 is 0 Å². The molecule has 1 amide bonds. The summed E-state index contributed by atoms with van der Waals surface area (Å²) in [7, 11) is 1.76. The predicted octanol–water partition coefficient (Wildman–Crippen LogP) is 6.54. The molecule has 2 aromatic heterocycles. The van der Waals surface area contributed by atoms with E-state index >= 15 is 0 Å². The van der Waals surface area contributed by atoms with Crippen LogP contribution in [0.25, 0.3) is 10.9 Å². The van der Waals surface area contributed by atoms with Crippen LogP contribution in [0.4, 0.5) is 8.78 Å². The van der Waals surface area contributed by atoms with Crippen molar-refractivity contribution in [3.05, 3.63) is 57.1 Å². The van der Waals surface area contributed by atoms with Crippen LogP contribution in [0.1, 0.15) is 78.8 Å². The van der Waals surface area contributed by atoms with E-state index in [0.29, 0.717) is 28.2 Å². The zero-order chi connectivity index (χ0) is 29.5. The van der Waals surface area contributed by atoms with Gasteiger partial charge in [0.25, 0.3) is 17.4 Å². The highest BCUT2D eigenvalue weighted by atomic mass is 32.2. The third kappa shape index (κ3) is 6.04. The minimum Gasteiger partial charge on any atom is -0.490 e. The molecule has 3 aromatic rings. The lowest BCUT2D eigenvalue weighted by atomic mass is 9.83. The molecule has 0 unspecified atom stereocenters. The Bertz CT molecular complexity index is 1480. The van der Waals surface area contributed by atoms with Crippen LogP contribution in [-0.4, -0.2) is 47.0 Å². The predicted molar refractivity (Wildman–Crippen MR) is 157 cm³/mol. The number of alkyl halides is 2. The molecule has 2 heterocycles. The molecule has 0 bridgehead atoms. The lowest BCUT2D eigenvalue weighted by molar-refractivity contribution is -0.134. The van der Waals surface area contributed by atoms with Crippen LogP contribution in [0.2, 0.25) is 0 Å². The van der Waals surface area contributed by atoms with Crippen molar-refractivity contribution in [1.29, 1.82) is 0 Å². The number of amides is 1. The number of carbonyl (C=O) groups excluding carboxylic acids is 1. The summed E-state index contributed by atoms with van der Waals surface area (Å²) in [5.41, 5.74) is 3.29. The van der Waals surface area contributed by atoms with Crippen molar-refractivity contribution in [2.24, 2.45) is 5.92 Å². The number of aromatic amines is 1. The van der Waals surface area contributed by atoms with Gasteiger partial charge in [-0.25, -0.2) is 8.78 Å². The van der Waals surface area contributed by atoms with Gasteiger partial charge < -0.3 is 24.3 Å². The minimum absolute atomic E-state index is 0.0840. The highest BCUT2D eigenvalue weighted by Crippen LogP contribution is 2.42. The molecular weight excluding hydrogens is 548 g/mol. The third-order valence-electron chi connectivity index (χ3n) is 8.82. The number of halogens is 2. The van der Waals surface area contributed by atoms with E-state index < -0.39 is 12.0 Å². The first-order valence-corrected chi connectivity index (χ1v) is 15.5. The number of methoxy groups -OCH3 is 1. The first-order valence-electron chi connectivity index (χ1n) is 14.3. The van der Waals surface area contributed by atoms with Gasteiger partial charge in [-0.3, -0.25) is 9.59 Å². The summed E-state index contributed by atoms with van der Waals surface area (Å²) in [6.45, 7) is 6.06. The second-order valence-corrected chi connectivity index (χ2v) is 12.4. The standard InChI is InChI=1S/C31H39F2N3O4S/c1-17-12-27(41-5)25(29(37)35-17)16-34-30(38)28-19(3)36(18(2)20-6-8-21(39-4)9-7-20)26-11-10-22(13-24(26)28)40-23-14-31(32,33)15-23/h10-13,18,20-21,23H,6-9,14-16H2,1-5H3,(H,34,38)(H,35,37)/t18-,20?,21?/m1/s1. The van der Waals surface area contributed by atoms with Crippen LogP contribution in [-0.2, 0) is 11.3 Å². The Labute approximate surface area is 243 Å². The fourth-order valence-electron chi connectivity index (χ4n) is 6.50. The van der Waals surface area contributed by atoms with E-state index in [1.807, 2.05) is 38.3 Å². The molecule has 222 valence electrons. The first-order chi connectivity index (χ1) is 19.5. The van der Waals surface area contributed by atoms with Crippen molar-refractivity contribution in [3.8, 4) is 5.75 Å². The van der Waals surface area contributed by atoms with E-state index in [9.17, 15) is 18.4 Å². The fraction of sp³-hybridized carbons (Fsp3) is 0.548. The van der Waals surface area contributed by atoms with Gasteiger partial charge in [0.2, 0.25) is 0 Å². The highest BCUT2D eigenvalue weighted by Gasteiger charge is 2.47. The Hall–Kier alpha value is -2.85. The molecular formula is C31H39F2N3O4S. The second-order valence-electron chi connectivity index (χ2n) is 11.5. The molecule has 7 nitrogen and oxygen atoms in total. The molecule has 1 atom stereocenters. The van der Waals surface area contributed by atoms with Crippen LogP contribution in [0.3, 0.4) is 0 Å². The summed E-state index contributed by atoms with van der Waals surface area (Å²) in [5.74, 6) is -2.08. The summed E-state index contributed by atoms with van der Waals surface area (Å²) >= 11 is 1.46. The molecule has 5 rings (SSSR count). The first kappa shape index (κ1) is 29.6. The Morgan fingerprint density at radius 1 is 1.17 bits per heavy atom. The van der Waals surface area contributed by atoms with E-state index in [0.717, 1.165) is 47.5 Å². The number of hydrogen-bond acceptors (Lipinski definition) is 5. The van der Waals surface area contributed by atoms with Crippen LogP contribution in [0, 0.1) is 19.8 Å². The summed E-state index contributed by atoms with van der Waals surface area (Å²) in [5, 5.41) is 3.69. The largest absolute Gasteiger partial charge is 0.490 e. The average molecular weight is 588 g/mol. The summed E-state index contributed by atoms with van der Waals surface area (Å²) < 4.78 is 40.6. The minimum atomic E-state index is -2.68. The van der Waals surface area contributed by atoms with Crippen molar-refractivity contribution in [2.75, 3.05) is 13.4 Å². The van der Waals surface area contributed by atoms with Crippen LogP contribution < -0.4 is 15.6 Å². The molecule has 2 N–H and O–H groups in total. The smallest absolute Gasteiger partial charge is 0.255 e. The molecule has 0 saturated heterocycles. The maximum absolute atomic E-state index is 13.8. The van der Waals surface area contributed by atoms with E-state index in [1.54, 1.807) is 13.2 Å². The highest BCUT2D eigenvalue weighted by molar-refractivity contribution is 7.98. The number of rotatable bonds is 9. The van der Waals surface area contributed by atoms with Gasteiger partial charge in [0.1, 0.15) is 11.9 Å². The number of benzene rings is 1. The monoisotopic (exact) mass is 587 g/mol. The number of nitrogens with one attached hydrogen (secondary N) is 2. The maximum atomic E-state index is 13.8. The van der Waals surface area contributed by atoms with Gasteiger partial charge in [-0.05, 0) is 82.9 Å². The molecule has 0 spiro atoms. The van der Waals surface area contributed by atoms with Crippen molar-refractivity contribution >= 4 is 28.6 Å². The van der Waals surface area contributed by atoms with Crippen molar-refractivity contribution in [1.82, 2.24) is 14.9 Å². The van der Waals surface area contributed by atoms with Crippen molar-refractivity contribution in [3.63, 3.8) is 0 Å². The normalized spacial score (nSPS) is 21.4. The van der Waals surface area contributed by atoms with Gasteiger partial charge in [0.15, 0.2) is 0 Å². The van der Waals surface area contributed by atoms with Crippen molar-refractivity contribution < 1.29 is 23.0 Å². The number of thioether (sulfide) groups is 1. The molecule has 0 radical (unpaired) electrons. The number of aryl methyl sites for hydroxylation is 1. The molecule has 2 aliphatic carbocycles. The molecule has 1 aromatic carbocycles. The number of carbonyl (C=O) groups is 1. The number of ether oxygens (including phenoxy) is 2. The van der Waals surface area contributed by atoms with Crippen LogP contribution in [0.5, 0.6) is 5.75 Å². The number of nitrogens with zero attached hydrogens (tertiary/aromatic N) is 1. The molecule has 2 aliphatic rings. The van der Waals surface area contributed by atoms with E-state index in [1.165, 1.54) is 11.8 Å². The quantitative estimate of drug-likeness (QED) is 0.278.